The fourth-order valence-corrected chi connectivity index (χ4v) is 2.15. The summed E-state index contributed by atoms with van der Waals surface area (Å²) >= 11 is 0. The first kappa shape index (κ1) is 25.1. The normalized spacial score (nSPS) is 13.8. The van der Waals surface area contributed by atoms with Crippen LogP contribution in [0.15, 0.2) is 17.4 Å². The molecule has 9 heteroatoms. The Hall–Kier alpha value is -0.910. The number of unbranched alkanes of at least 4 members (excludes halogenated alkanes) is 1. The number of halogens is 1. The lowest BCUT2D eigenvalue weighted by molar-refractivity contribution is 0.0671. The van der Waals surface area contributed by atoms with Gasteiger partial charge in [0, 0.05) is 45.6 Å². The third-order valence-corrected chi connectivity index (χ3v) is 3.66. The Morgan fingerprint density at radius 2 is 2.08 bits per heavy atom. The summed E-state index contributed by atoms with van der Waals surface area (Å²) in [7, 11) is 3.49. The monoisotopic (exact) mass is 483 g/mol. The molecule has 0 amide bonds. The quantitative estimate of drug-likeness (QED) is 0.179. The molecule has 0 aliphatic rings. The molecule has 0 aliphatic carbocycles. The Kier molecular flexibility index (Phi) is 13.7. The van der Waals surface area contributed by atoms with Gasteiger partial charge in [-0.1, -0.05) is 0 Å². The topological polar surface area (TPSA) is 92.9 Å². The second-order valence-corrected chi connectivity index (χ2v) is 6.11. The molecule has 26 heavy (non-hydrogen) atoms. The van der Waals surface area contributed by atoms with Crippen LogP contribution in [0, 0.1) is 0 Å². The van der Waals surface area contributed by atoms with Crippen LogP contribution in [0.3, 0.4) is 0 Å². The minimum absolute atomic E-state index is 0. The minimum Gasteiger partial charge on any atom is -0.383 e. The third kappa shape index (κ3) is 10.3. The van der Waals surface area contributed by atoms with E-state index < -0.39 is 5.60 Å². The first-order chi connectivity index (χ1) is 12.0. The molecule has 0 saturated carbocycles. The number of hydrogen-bond acceptors (Lipinski definition) is 5. The van der Waals surface area contributed by atoms with Gasteiger partial charge < -0.3 is 25.2 Å². The molecule has 0 bridgehead atoms. The van der Waals surface area contributed by atoms with E-state index >= 15 is 0 Å². The Morgan fingerprint density at radius 3 is 2.69 bits per heavy atom. The molecular formula is C17H34IN5O3. The maximum Gasteiger partial charge on any atom is 0.191 e. The smallest absolute Gasteiger partial charge is 0.191 e. The number of methoxy groups -OCH3 is 1. The van der Waals surface area contributed by atoms with Crippen molar-refractivity contribution in [2.24, 2.45) is 12.0 Å². The average molecular weight is 483 g/mol. The van der Waals surface area contributed by atoms with Crippen molar-refractivity contribution in [2.45, 2.75) is 32.3 Å². The summed E-state index contributed by atoms with van der Waals surface area (Å²) in [5, 5.41) is 21.2. The van der Waals surface area contributed by atoms with Crippen LogP contribution < -0.4 is 10.6 Å². The van der Waals surface area contributed by atoms with Gasteiger partial charge in [0.05, 0.1) is 26.0 Å². The van der Waals surface area contributed by atoms with Crippen molar-refractivity contribution in [3.8, 4) is 0 Å². The van der Waals surface area contributed by atoms with Crippen LogP contribution in [0.4, 0.5) is 0 Å². The maximum atomic E-state index is 10.6. The van der Waals surface area contributed by atoms with Gasteiger partial charge in [-0.15, -0.1) is 24.0 Å². The van der Waals surface area contributed by atoms with Crippen molar-refractivity contribution < 1.29 is 14.6 Å². The van der Waals surface area contributed by atoms with E-state index in [0.717, 1.165) is 38.1 Å². The number of nitrogens with one attached hydrogen (secondary N) is 2. The number of aromatic nitrogens is 2. The molecule has 0 aromatic carbocycles. The second-order valence-electron chi connectivity index (χ2n) is 6.11. The van der Waals surface area contributed by atoms with E-state index in [4.69, 9.17) is 9.47 Å². The Morgan fingerprint density at radius 1 is 1.31 bits per heavy atom. The lowest BCUT2D eigenvalue weighted by atomic mass is 10.0. The molecule has 1 heterocycles. The predicted octanol–water partition coefficient (Wildman–Crippen LogP) is 1.24. The third-order valence-electron chi connectivity index (χ3n) is 3.66. The Bertz CT molecular complexity index is 508. The van der Waals surface area contributed by atoms with Gasteiger partial charge in [0.15, 0.2) is 5.96 Å². The van der Waals surface area contributed by atoms with E-state index in [1.54, 1.807) is 31.1 Å². The SMILES string of the molecule is CCNC(=NCC(C)(O)c1cnn(C)c1)NCCCCOCCOC.I. The number of nitrogens with zero attached hydrogens (tertiary/aromatic N) is 3. The number of aliphatic imine (C=N–C) groups is 1. The number of ether oxygens (including phenoxy) is 2. The van der Waals surface area contributed by atoms with Gasteiger partial charge in [-0.3, -0.25) is 4.68 Å². The molecule has 3 N–H and O–H groups in total. The van der Waals surface area contributed by atoms with E-state index in [-0.39, 0.29) is 30.5 Å². The molecule has 0 saturated heterocycles. The van der Waals surface area contributed by atoms with Crippen molar-refractivity contribution in [1.82, 2.24) is 20.4 Å². The first-order valence-electron chi connectivity index (χ1n) is 8.80. The molecule has 1 rings (SSSR count). The summed E-state index contributed by atoms with van der Waals surface area (Å²) in [6, 6.07) is 0. The number of hydrogen-bond donors (Lipinski definition) is 3. The molecule has 0 fully saturated rings. The van der Waals surface area contributed by atoms with Gasteiger partial charge in [0.1, 0.15) is 5.60 Å². The van der Waals surface area contributed by atoms with Crippen LogP contribution in [0.25, 0.3) is 0 Å². The van der Waals surface area contributed by atoms with Crippen molar-refractivity contribution in [3.05, 3.63) is 18.0 Å². The summed E-state index contributed by atoms with van der Waals surface area (Å²) < 4.78 is 12.0. The van der Waals surface area contributed by atoms with Crippen molar-refractivity contribution >= 4 is 29.9 Å². The van der Waals surface area contributed by atoms with E-state index in [9.17, 15) is 5.11 Å². The standard InChI is InChI=1S/C17H33N5O3.HI/c1-5-18-16(19-8-6-7-9-25-11-10-24-4)20-14-17(2,23)15-12-21-22(3)13-15;/h12-13,23H,5-11,14H2,1-4H3,(H2,18,19,20);1H. The molecule has 1 aromatic heterocycles. The molecule has 0 spiro atoms. The fraction of sp³-hybridized carbons (Fsp3) is 0.765. The molecule has 0 radical (unpaired) electrons. The maximum absolute atomic E-state index is 10.6. The number of rotatable bonds is 12. The van der Waals surface area contributed by atoms with E-state index in [0.29, 0.717) is 19.2 Å². The summed E-state index contributed by atoms with van der Waals surface area (Å²) in [5.74, 6) is 0.701. The van der Waals surface area contributed by atoms with Gasteiger partial charge in [-0.2, -0.15) is 5.10 Å². The second kappa shape index (κ2) is 14.2. The largest absolute Gasteiger partial charge is 0.383 e. The molecule has 1 aromatic rings. The lowest BCUT2D eigenvalue weighted by Crippen LogP contribution is -2.39. The fourth-order valence-electron chi connectivity index (χ4n) is 2.15. The van der Waals surface area contributed by atoms with Crippen molar-refractivity contribution in [1.29, 1.82) is 0 Å². The Labute approximate surface area is 173 Å². The van der Waals surface area contributed by atoms with Gasteiger partial charge in [0.2, 0.25) is 0 Å². The summed E-state index contributed by atoms with van der Waals surface area (Å²) in [6.45, 7) is 7.58. The van der Waals surface area contributed by atoms with Crippen molar-refractivity contribution in [2.75, 3.05) is 46.6 Å². The minimum atomic E-state index is -1.05. The molecule has 1 atom stereocenters. The lowest BCUT2D eigenvalue weighted by Gasteiger charge is -2.20. The molecule has 1 unspecified atom stereocenters. The summed E-state index contributed by atoms with van der Waals surface area (Å²) in [6.07, 6.45) is 5.43. The molecule has 0 aliphatic heterocycles. The first-order valence-corrected chi connectivity index (χ1v) is 8.80. The highest BCUT2D eigenvalue weighted by molar-refractivity contribution is 14.0. The predicted molar refractivity (Wildman–Crippen MR) is 114 cm³/mol. The van der Waals surface area contributed by atoms with Gasteiger partial charge in [-0.05, 0) is 26.7 Å². The highest BCUT2D eigenvalue weighted by Crippen LogP contribution is 2.19. The van der Waals surface area contributed by atoms with Crippen LogP contribution in [-0.4, -0.2) is 67.4 Å². The molecule has 152 valence electrons. The van der Waals surface area contributed by atoms with E-state index in [1.807, 2.05) is 14.0 Å². The number of guanidine groups is 1. The average Bonchev–Trinajstić information content (AvgIpc) is 3.02. The summed E-state index contributed by atoms with van der Waals surface area (Å²) in [5.41, 5.74) is -0.297. The van der Waals surface area contributed by atoms with E-state index in [2.05, 4.69) is 20.7 Å². The molecule has 8 nitrogen and oxygen atoms in total. The van der Waals surface area contributed by atoms with Gasteiger partial charge in [-0.25, -0.2) is 4.99 Å². The number of aliphatic hydroxyl groups is 1. The van der Waals surface area contributed by atoms with Crippen LogP contribution in [0.5, 0.6) is 0 Å². The highest BCUT2D eigenvalue weighted by Gasteiger charge is 2.24. The van der Waals surface area contributed by atoms with Crippen LogP contribution >= 0.6 is 24.0 Å². The summed E-state index contributed by atoms with van der Waals surface area (Å²) in [4.78, 5) is 4.49. The van der Waals surface area contributed by atoms with Crippen LogP contribution in [-0.2, 0) is 22.1 Å². The van der Waals surface area contributed by atoms with Crippen LogP contribution in [0.2, 0.25) is 0 Å². The van der Waals surface area contributed by atoms with Crippen LogP contribution in [0.1, 0.15) is 32.3 Å². The zero-order valence-electron chi connectivity index (χ0n) is 16.3. The number of aryl methyl sites for hydroxylation is 1. The van der Waals surface area contributed by atoms with Gasteiger partial charge in [0.25, 0.3) is 0 Å². The highest BCUT2D eigenvalue weighted by atomic mass is 127. The van der Waals surface area contributed by atoms with E-state index in [1.165, 1.54) is 0 Å². The zero-order valence-corrected chi connectivity index (χ0v) is 18.7. The Balaban J connectivity index is 0.00000625. The zero-order chi connectivity index (χ0) is 18.5. The van der Waals surface area contributed by atoms with Crippen molar-refractivity contribution in [3.63, 3.8) is 0 Å². The van der Waals surface area contributed by atoms with Gasteiger partial charge >= 0.3 is 0 Å². The molecular weight excluding hydrogens is 449 g/mol.